The van der Waals surface area contributed by atoms with E-state index in [1.165, 1.54) is 36.5 Å². The number of pyridine rings is 1. The van der Waals surface area contributed by atoms with E-state index in [0.717, 1.165) is 18.2 Å². The summed E-state index contributed by atoms with van der Waals surface area (Å²) in [6.45, 7) is 0. The number of nitrogens with one attached hydrogen (secondary N) is 1. The second kappa shape index (κ2) is 13.1. The van der Waals surface area contributed by atoms with Crippen LogP contribution in [0.25, 0.3) is 10.8 Å². The van der Waals surface area contributed by atoms with Gasteiger partial charge < -0.3 is 19.9 Å². The Hall–Kier alpha value is -5.03. The highest BCUT2D eigenvalue weighted by molar-refractivity contribution is 6.07. The largest absolute Gasteiger partial charge is 0.461 e. The molecule has 0 aliphatic carbocycles. The van der Waals surface area contributed by atoms with E-state index in [1.807, 2.05) is 6.07 Å². The summed E-state index contributed by atoms with van der Waals surface area (Å²) < 4.78 is 76.8. The minimum atomic E-state index is -4.72. The molecule has 44 heavy (non-hydrogen) atoms. The molecule has 1 amide bonds. The number of aromatic nitrogens is 1. The molecule has 1 aromatic heterocycles. The van der Waals surface area contributed by atoms with Crippen molar-refractivity contribution >= 4 is 16.7 Å². The van der Waals surface area contributed by atoms with Gasteiger partial charge in [-0.2, -0.15) is 17.6 Å². The van der Waals surface area contributed by atoms with Crippen LogP contribution in [-0.4, -0.2) is 34.6 Å². The van der Waals surface area contributed by atoms with Crippen LogP contribution in [0, 0.1) is 5.82 Å². The lowest BCUT2D eigenvalue weighted by molar-refractivity contribution is -0.253. The van der Waals surface area contributed by atoms with Gasteiger partial charge in [0, 0.05) is 10.9 Å². The molecule has 0 aliphatic heterocycles. The molecule has 1 heterocycles. The van der Waals surface area contributed by atoms with E-state index in [4.69, 9.17) is 4.74 Å². The average Bonchev–Trinajstić information content (AvgIpc) is 3.01. The highest BCUT2D eigenvalue weighted by Crippen LogP contribution is 2.30. The molecule has 4 aromatic carbocycles. The van der Waals surface area contributed by atoms with Crippen molar-refractivity contribution in [3.63, 3.8) is 0 Å². The zero-order valence-corrected chi connectivity index (χ0v) is 22.8. The smallest absolute Gasteiger partial charge is 0.456 e. The van der Waals surface area contributed by atoms with E-state index in [0.29, 0.717) is 16.9 Å². The monoisotopic (exact) mass is 608 g/mol. The third-order valence-electron chi connectivity index (χ3n) is 6.72. The predicted molar refractivity (Wildman–Crippen MR) is 153 cm³/mol. The summed E-state index contributed by atoms with van der Waals surface area (Å²) in [4.78, 5) is 17.8. The van der Waals surface area contributed by atoms with Gasteiger partial charge in [-0.05, 0) is 65.9 Å². The van der Waals surface area contributed by atoms with Gasteiger partial charge in [0.25, 0.3) is 5.91 Å². The third kappa shape index (κ3) is 7.12. The Morgan fingerprint density at radius 1 is 0.841 bits per heavy atom. The van der Waals surface area contributed by atoms with Crippen molar-refractivity contribution in [2.24, 2.45) is 0 Å². The van der Waals surface area contributed by atoms with Gasteiger partial charge in [0.05, 0.1) is 17.9 Å². The Labute approximate surface area is 248 Å². The Kier molecular flexibility index (Phi) is 9.05. The van der Waals surface area contributed by atoms with E-state index >= 15 is 0 Å². The number of nitrogens with zero attached hydrogens (tertiary/aromatic N) is 1. The number of hydrogen-bond acceptors (Lipinski definition) is 5. The molecule has 6 nitrogen and oxygen atoms in total. The lowest BCUT2D eigenvalue weighted by atomic mass is 9.97. The van der Waals surface area contributed by atoms with E-state index in [-0.39, 0.29) is 28.6 Å². The molecule has 2 unspecified atom stereocenters. The molecule has 0 aliphatic rings. The number of halogens is 5. The lowest BCUT2D eigenvalue weighted by Crippen LogP contribution is -2.41. The van der Waals surface area contributed by atoms with Crippen molar-refractivity contribution in [1.29, 1.82) is 0 Å². The second-order valence-corrected chi connectivity index (χ2v) is 9.82. The summed E-state index contributed by atoms with van der Waals surface area (Å²) >= 11 is 0. The van der Waals surface area contributed by atoms with Gasteiger partial charge in [-0.1, -0.05) is 54.6 Å². The van der Waals surface area contributed by atoms with Crippen LogP contribution in [0.1, 0.15) is 27.7 Å². The number of aliphatic hydroxyl groups excluding tert-OH is 1. The number of fused-ring (bicyclic) bond motifs is 1. The van der Waals surface area contributed by atoms with Crippen LogP contribution < -0.4 is 14.8 Å². The van der Waals surface area contributed by atoms with Gasteiger partial charge in [0.1, 0.15) is 29.2 Å². The number of benzene rings is 4. The SMILES string of the molecule is O=C(NC(Cc1cccc(OC(F)(F)C(F)F)c1)C(O)c1ccc(Oc2ccccc2)cn1)c1ccc(F)c2ccccc12. The highest BCUT2D eigenvalue weighted by Gasteiger charge is 2.44. The third-order valence-corrected chi connectivity index (χ3v) is 6.72. The molecular weight excluding hydrogens is 583 g/mol. The van der Waals surface area contributed by atoms with Crippen molar-refractivity contribution < 1.29 is 41.3 Å². The van der Waals surface area contributed by atoms with Crippen LogP contribution in [-0.2, 0) is 6.42 Å². The summed E-state index contributed by atoms with van der Waals surface area (Å²) in [6.07, 6.45) is -8.95. The fraction of sp³-hybridized carbons (Fsp3) is 0.152. The van der Waals surface area contributed by atoms with E-state index in [1.54, 1.807) is 48.5 Å². The number of rotatable bonds is 11. The van der Waals surface area contributed by atoms with Crippen molar-refractivity contribution in [1.82, 2.24) is 10.3 Å². The van der Waals surface area contributed by atoms with Crippen LogP contribution >= 0.6 is 0 Å². The van der Waals surface area contributed by atoms with Gasteiger partial charge in [-0.3, -0.25) is 9.78 Å². The topological polar surface area (TPSA) is 80.7 Å². The maximum atomic E-state index is 14.4. The molecule has 2 atom stereocenters. The standard InChI is InChI=1S/C33H25F5N2O4/c34-27-15-14-26(24-11-4-5-12-25(24)27)31(42)40-29(18-20-7-6-10-22(17-20)44-33(37,38)32(35)36)30(41)28-16-13-23(19-39-28)43-21-8-2-1-3-9-21/h1-17,19,29-30,32,41H,18H2,(H,40,42). The summed E-state index contributed by atoms with van der Waals surface area (Å²) in [7, 11) is 0. The predicted octanol–water partition coefficient (Wildman–Crippen LogP) is 7.48. The molecule has 0 saturated heterocycles. The summed E-state index contributed by atoms with van der Waals surface area (Å²) in [5.74, 6) is -0.745. The molecule has 0 fully saturated rings. The molecule has 11 heteroatoms. The first-order valence-corrected chi connectivity index (χ1v) is 13.4. The van der Waals surface area contributed by atoms with Gasteiger partial charge in [0.15, 0.2) is 0 Å². The number of aliphatic hydroxyl groups is 1. The number of hydrogen-bond donors (Lipinski definition) is 2. The lowest BCUT2D eigenvalue weighted by Gasteiger charge is -2.25. The maximum absolute atomic E-state index is 14.4. The fourth-order valence-corrected chi connectivity index (χ4v) is 4.60. The van der Waals surface area contributed by atoms with Crippen LogP contribution in [0.4, 0.5) is 22.0 Å². The Balaban J connectivity index is 1.43. The van der Waals surface area contributed by atoms with Crippen LogP contribution in [0.5, 0.6) is 17.2 Å². The van der Waals surface area contributed by atoms with Crippen molar-refractivity contribution in [2.75, 3.05) is 0 Å². The number of carbonyl (C=O) groups is 1. The summed E-state index contributed by atoms with van der Waals surface area (Å²) in [5.41, 5.74) is 0.564. The number of carbonyl (C=O) groups excluding carboxylic acids is 1. The molecule has 0 radical (unpaired) electrons. The number of para-hydroxylation sites is 1. The van der Waals surface area contributed by atoms with E-state index in [2.05, 4.69) is 15.0 Å². The first-order chi connectivity index (χ1) is 21.1. The molecule has 0 bridgehead atoms. The number of ether oxygens (including phenoxy) is 2. The second-order valence-electron chi connectivity index (χ2n) is 9.82. The van der Waals surface area contributed by atoms with Gasteiger partial charge in [-0.25, -0.2) is 4.39 Å². The maximum Gasteiger partial charge on any atom is 0.461 e. The van der Waals surface area contributed by atoms with E-state index < -0.39 is 42.2 Å². The van der Waals surface area contributed by atoms with Gasteiger partial charge >= 0.3 is 12.5 Å². The molecule has 2 N–H and O–H groups in total. The summed E-state index contributed by atoms with van der Waals surface area (Å²) in [6, 6.07) is 24.8. The zero-order valence-electron chi connectivity index (χ0n) is 22.8. The Bertz CT molecular complexity index is 1740. The molecule has 0 saturated carbocycles. The molecule has 5 aromatic rings. The molecular formula is C33H25F5N2O4. The average molecular weight is 609 g/mol. The zero-order chi connectivity index (χ0) is 31.3. The Morgan fingerprint density at radius 3 is 2.25 bits per heavy atom. The first-order valence-electron chi connectivity index (χ1n) is 13.4. The van der Waals surface area contributed by atoms with Crippen molar-refractivity contribution in [3.8, 4) is 17.2 Å². The minimum absolute atomic E-state index is 0.132. The fourth-order valence-electron chi connectivity index (χ4n) is 4.60. The molecule has 5 rings (SSSR count). The van der Waals surface area contributed by atoms with Crippen LogP contribution in [0.3, 0.4) is 0 Å². The van der Waals surface area contributed by atoms with Crippen LogP contribution in [0.15, 0.2) is 109 Å². The van der Waals surface area contributed by atoms with Gasteiger partial charge in [0.2, 0.25) is 0 Å². The summed E-state index contributed by atoms with van der Waals surface area (Å²) in [5, 5.41) is 14.7. The van der Waals surface area contributed by atoms with Gasteiger partial charge in [-0.15, -0.1) is 0 Å². The van der Waals surface area contributed by atoms with Crippen molar-refractivity contribution in [3.05, 3.63) is 132 Å². The first kappa shape index (κ1) is 30.4. The number of amides is 1. The minimum Gasteiger partial charge on any atom is -0.456 e. The Morgan fingerprint density at radius 2 is 1.55 bits per heavy atom. The normalized spacial score (nSPS) is 13.0. The van der Waals surface area contributed by atoms with Crippen molar-refractivity contribution in [2.45, 2.75) is 31.1 Å². The van der Waals surface area contributed by atoms with Crippen LogP contribution in [0.2, 0.25) is 0 Å². The highest BCUT2D eigenvalue weighted by atomic mass is 19.3. The molecule has 226 valence electrons. The van der Waals surface area contributed by atoms with E-state index in [9.17, 15) is 31.9 Å². The quantitative estimate of drug-likeness (QED) is 0.152. The molecule has 0 spiro atoms. The number of alkyl halides is 4.